The molecule has 8 nitrogen and oxygen atoms in total. The second kappa shape index (κ2) is 8.10. The van der Waals surface area contributed by atoms with Gasteiger partial charge < -0.3 is 14.7 Å². The van der Waals surface area contributed by atoms with Crippen molar-refractivity contribution in [3.63, 3.8) is 0 Å². The first-order valence-corrected chi connectivity index (χ1v) is 10.8. The maximum atomic E-state index is 13.1. The van der Waals surface area contributed by atoms with E-state index < -0.39 is 0 Å². The van der Waals surface area contributed by atoms with Crippen LogP contribution in [0.1, 0.15) is 12.8 Å². The predicted octanol–water partition coefficient (Wildman–Crippen LogP) is 2.34. The van der Waals surface area contributed by atoms with Gasteiger partial charge in [0.25, 0.3) is 0 Å². The Morgan fingerprint density at radius 3 is 2.53 bits per heavy atom. The van der Waals surface area contributed by atoms with E-state index in [1.54, 1.807) is 10.8 Å². The first kappa shape index (κ1) is 19.1. The Kier molecular flexibility index (Phi) is 5.16. The van der Waals surface area contributed by atoms with Crippen molar-refractivity contribution < 1.29 is 4.79 Å². The minimum atomic E-state index is 0.0950. The van der Waals surface area contributed by atoms with E-state index in [1.807, 2.05) is 35.2 Å². The summed E-state index contributed by atoms with van der Waals surface area (Å²) in [6.45, 7) is 4.87. The maximum Gasteiger partial charge on any atom is 0.225 e. The fraction of sp³-hybridized carbons (Fsp3) is 0.429. The fourth-order valence-corrected chi connectivity index (χ4v) is 4.54. The van der Waals surface area contributed by atoms with Crippen molar-refractivity contribution in [2.24, 2.45) is 5.92 Å². The quantitative estimate of drug-likeness (QED) is 0.641. The molecule has 0 unspecified atom stereocenters. The first-order valence-electron chi connectivity index (χ1n) is 10.4. The van der Waals surface area contributed by atoms with Gasteiger partial charge >= 0.3 is 0 Å². The van der Waals surface area contributed by atoms with Gasteiger partial charge in [-0.15, -0.1) is 15.3 Å². The van der Waals surface area contributed by atoms with Crippen LogP contribution in [0.5, 0.6) is 0 Å². The third kappa shape index (κ3) is 3.79. The molecular formula is C21H24ClN7O. The highest BCUT2D eigenvalue weighted by molar-refractivity contribution is 6.30. The smallest absolute Gasteiger partial charge is 0.225 e. The minimum absolute atomic E-state index is 0.0950. The molecule has 156 valence electrons. The first-order chi connectivity index (χ1) is 14.7. The number of carbonyl (C=O) groups excluding carboxylic acids is 1. The van der Waals surface area contributed by atoms with Crippen molar-refractivity contribution in [3.8, 4) is 0 Å². The predicted molar refractivity (Wildman–Crippen MR) is 116 cm³/mol. The number of halogens is 1. The molecule has 0 atom stereocenters. The topological polar surface area (TPSA) is 69.9 Å². The van der Waals surface area contributed by atoms with Gasteiger partial charge in [0, 0.05) is 55.9 Å². The van der Waals surface area contributed by atoms with Gasteiger partial charge in [0.05, 0.1) is 0 Å². The average molecular weight is 426 g/mol. The van der Waals surface area contributed by atoms with E-state index in [0.717, 1.165) is 74.3 Å². The van der Waals surface area contributed by atoms with Crippen LogP contribution in [0.4, 0.5) is 11.5 Å². The number of benzene rings is 1. The lowest BCUT2D eigenvalue weighted by atomic mass is 9.95. The van der Waals surface area contributed by atoms with Crippen molar-refractivity contribution >= 4 is 34.7 Å². The van der Waals surface area contributed by atoms with Gasteiger partial charge in [0.1, 0.15) is 12.1 Å². The molecule has 5 rings (SSSR count). The van der Waals surface area contributed by atoms with Crippen LogP contribution in [0, 0.1) is 5.92 Å². The Bertz CT molecular complexity index is 1040. The summed E-state index contributed by atoms with van der Waals surface area (Å²) in [4.78, 5) is 19.6. The number of piperazine rings is 1. The molecule has 0 N–H and O–H groups in total. The second-order valence-corrected chi connectivity index (χ2v) is 8.32. The van der Waals surface area contributed by atoms with E-state index in [9.17, 15) is 4.79 Å². The van der Waals surface area contributed by atoms with Gasteiger partial charge in [0.15, 0.2) is 5.65 Å². The molecule has 2 saturated heterocycles. The van der Waals surface area contributed by atoms with Gasteiger partial charge in [0.2, 0.25) is 5.91 Å². The number of nitrogens with zero attached hydrogens (tertiary/aromatic N) is 7. The highest BCUT2D eigenvalue weighted by atomic mass is 35.5. The summed E-state index contributed by atoms with van der Waals surface area (Å²) in [5.74, 6) is 1.29. The lowest BCUT2D eigenvalue weighted by molar-refractivity contribution is -0.136. The van der Waals surface area contributed by atoms with Crippen LogP contribution in [0.25, 0.3) is 5.65 Å². The maximum absolute atomic E-state index is 13.1. The normalized spacial score (nSPS) is 18.2. The number of fused-ring (bicyclic) bond motifs is 1. The summed E-state index contributed by atoms with van der Waals surface area (Å²) in [6.07, 6.45) is 3.32. The Morgan fingerprint density at radius 1 is 0.967 bits per heavy atom. The Hall–Kier alpha value is -2.87. The number of anilines is 2. The molecule has 0 spiro atoms. The van der Waals surface area contributed by atoms with Crippen LogP contribution in [-0.2, 0) is 4.79 Å². The van der Waals surface area contributed by atoms with E-state index in [0.29, 0.717) is 5.91 Å². The number of piperidine rings is 1. The lowest BCUT2D eigenvalue weighted by Gasteiger charge is -2.39. The monoisotopic (exact) mass is 425 g/mol. The van der Waals surface area contributed by atoms with Gasteiger partial charge in [-0.3, -0.25) is 4.79 Å². The van der Waals surface area contributed by atoms with Crippen LogP contribution < -0.4 is 9.80 Å². The van der Waals surface area contributed by atoms with Crippen molar-refractivity contribution in [2.75, 3.05) is 49.1 Å². The molecule has 30 heavy (non-hydrogen) atoms. The van der Waals surface area contributed by atoms with E-state index in [4.69, 9.17) is 11.6 Å². The van der Waals surface area contributed by atoms with E-state index in [2.05, 4.69) is 31.2 Å². The van der Waals surface area contributed by atoms with Crippen molar-refractivity contribution in [1.82, 2.24) is 24.7 Å². The number of carbonyl (C=O) groups is 1. The van der Waals surface area contributed by atoms with Crippen molar-refractivity contribution in [2.45, 2.75) is 12.8 Å². The second-order valence-electron chi connectivity index (χ2n) is 7.88. The summed E-state index contributed by atoms with van der Waals surface area (Å²) in [7, 11) is 0. The Morgan fingerprint density at radius 2 is 1.77 bits per heavy atom. The van der Waals surface area contributed by atoms with E-state index >= 15 is 0 Å². The van der Waals surface area contributed by atoms with Gasteiger partial charge in [-0.2, -0.15) is 4.52 Å². The number of rotatable bonds is 3. The summed E-state index contributed by atoms with van der Waals surface area (Å²) in [6, 6.07) is 11.8. The molecule has 2 fully saturated rings. The number of aromatic nitrogens is 4. The van der Waals surface area contributed by atoms with Crippen LogP contribution in [0.15, 0.2) is 42.7 Å². The van der Waals surface area contributed by atoms with Gasteiger partial charge in [-0.1, -0.05) is 17.7 Å². The number of amides is 1. The molecule has 2 aromatic heterocycles. The highest BCUT2D eigenvalue weighted by Gasteiger charge is 2.31. The molecule has 2 aliphatic rings. The zero-order chi connectivity index (χ0) is 20.5. The molecule has 2 aliphatic heterocycles. The van der Waals surface area contributed by atoms with Crippen molar-refractivity contribution in [3.05, 3.63) is 47.7 Å². The Balaban J connectivity index is 1.15. The molecule has 0 saturated carbocycles. The summed E-state index contributed by atoms with van der Waals surface area (Å²) < 4.78 is 1.69. The number of hydrogen-bond donors (Lipinski definition) is 0. The summed E-state index contributed by atoms with van der Waals surface area (Å²) in [5, 5.41) is 13.2. The average Bonchev–Trinajstić information content (AvgIpc) is 3.27. The highest BCUT2D eigenvalue weighted by Crippen LogP contribution is 2.25. The largest absolute Gasteiger partial charge is 0.368 e. The molecular weight excluding hydrogens is 402 g/mol. The minimum Gasteiger partial charge on any atom is -0.368 e. The molecule has 1 amide bonds. The van der Waals surface area contributed by atoms with Crippen LogP contribution in [0.2, 0.25) is 5.02 Å². The third-order valence-corrected chi connectivity index (χ3v) is 6.32. The zero-order valence-corrected chi connectivity index (χ0v) is 17.4. The van der Waals surface area contributed by atoms with Crippen LogP contribution in [0.3, 0.4) is 0 Å². The van der Waals surface area contributed by atoms with Crippen molar-refractivity contribution in [1.29, 1.82) is 0 Å². The molecule has 0 bridgehead atoms. The van der Waals surface area contributed by atoms with Crippen LogP contribution >= 0.6 is 11.6 Å². The van der Waals surface area contributed by atoms with Crippen LogP contribution in [-0.4, -0.2) is 69.9 Å². The molecule has 3 aromatic rings. The molecule has 1 aromatic carbocycles. The summed E-state index contributed by atoms with van der Waals surface area (Å²) in [5.41, 5.74) is 1.86. The standard InChI is InChI=1S/C21H24ClN7O/c22-17-2-1-3-18(14-17)26-10-12-28(13-11-26)21(30)16-6-8-27(9-7-16)20-5-4-19-24-23-15-29(19)25-20/h1-5,14-16H,6-13H2. The molecule has 0 aliphatic carbocycles. The van der Waals surface area contributed by atoms with Gasteiger partial charge in [-0.05, 0) is 43.2 Å². The van der Waals surface area contributed by atoms with Gasteiger partial charge in [-0.25, -0.2) is 0 Å². The van der Waals surface area contributed by atoms with E-state index in [-0.39, 0.29) is 5.92 Å². The zero-order valence-electron chi connectivity index (χ0n) is 16.7. The molecule has 4 heterocycles. The number of hydrogen-bond acceptors (Lipinski definition) is 6. The fourth-order valence-electron chi connectivity index (χ4n) is 4.36. The SMILES string of the molecule is O=C(C1CCN(c2ccc3nncn3n2)CC1)N1CCN(c2cccc(Cl)c2)CC1. The molecule has 0 radical (unpaired) electrons. The van der Waals surface area contributed by atoms with E-state index in [1.165, 1.54) is 0 Å². The lowest BCUT2D eigenvalue weighted by Crippen LogP contribution is -2.51. The molecule has 9 heteroatoms. The Labute approximate surface area is 180 Å². The summed E-state index contributed by atoms with van der Waals surface area (Å²) >= 11 is 6.12. The third-order valence-electron chi connectivity index (χ3n) is 6.08.